The standard InChI is InChI=1S/C16H19N2/c1-2-3-4-6-9-14-12-17-16(18-13-14)15-10-7-5-8-11-15/h7-8,10-13H,2-4,6,9H2,1H3. The molecule has 18 heavy (non-hydrogen) atoms. The Kier molecular flexibility index (Phi) is 4.88. The molecule has 1 aromatic carbocycles. The van der Waals surface area contributed by atoms with Gasteiger partial charge in [-0.2, -0.15) is 0 Å². The van der Waals surface area contributed by atoms with E-state index in [9.17, 15) is 0 Å². The first-order valence-corrected chi connectivity index (χ1v) is 6.67. The molecule has 1 aromatic heterocycles. The van der Waals surface area contributed by atoms with Gasteiger partial charge in [-0.3, -0.25) is 0 Å². The predicted molar refractivity (Wildman–Crippen MR) is 74.2 cm³/mol. The van der Waals surface area contributed by atoms with Crippen LogP contribution in [0.5, 0.6) is 0 Å². The Morgan fingerprint density at radius 2 is 1.72 bits per heavy atom. The molecule has 0 aliphatic rings. The van der Waals surface area contributed by atoms with E-state index in [2.05, 4.69) is 23.0 Å². The van der Waals surface area contributed by atoms with Crippen LogP contribution >= 0.6 is 0 Å². The van der Waals surface area contributed by atoms with Crippen molar-refractivity contribution < 1.29 is 0 Å². The van der Waals surface area contributed by atoms with Crippen LogP contribution in [-0.2, 0) is 6.42 Å². The van der Waals surface area contributed by atoms with E-state index in [-0.39, 0.29) is 0 Å². The van der Waals surface area contributed by atoms with Gasteiger partial charge in [-0.1, -0.05) is 50.5 Å². The third kappa shape index (κ3) is 3.66. The predicted octanol–water partition coefficient (Wildman–Crippen LogP) is 4.07. The Morgan fingerprint density at radius 3 is 2.39 bits per heavy atom. The molecule has 0 aliphatic carbocycles. The van der Waals surface area contributed by atoms with Crippen molar-refractivity contribution in [3.05, 3.63) is 48.3 Å². The van der Waals surface area contributed by atoms with Gasteiger partial charge in [0.05, 0.1) is 0 Å². The first-order chi connectivity index (χ1) is 8.90. The molecular weight excluding hydrogens is 220 g/mol. The van der Waals surface area contributed by atoms with Crippen LogP contribution in [0.15, 0.2) is 36.7 Å². The number of unbranched alkanes of at least 4 members (excludes halogenated alkanes) is 3. The largest absolute Gasteiger partial charge is 0.236 e. The highest BCUT2D eigenvalue weighted by molar-refractivity contribution is 5.53. The molecule has 2 aromatic rings. The summed E-state index contributed by atoms with van der Waals surface area (Å²) in [5, 5.41) is 0. The number of aryl methyl sites for hydroxylation is 1. The first-order valence-electron chi connectivity index (χ1n) is 6.67. The van der Waals surface area contributed by atoms with Gasteiger partial charge in [-0.05, 0) is 24.5 Å². The van der Waals surface area contributed by atoms with E-state index < -0.39 is 0 Å². The van der Waals surface area contributed by atoms with E-state index in [4.69, 9.17) is 0 Å². The van der Waals surface area contributed by atoms with E-state index in [1.54, 1.807) is 0 Å². The zero-order chi connectivity index (χ0) is 12.6. The minimum atomic E-state index is 0.793. The number of rotatable bonds is 6. The fraction of sp³-hybridized carbons (Fsp3) is 0.375. The molecule has 2 rings (SSSR count). The van der Waals surface area contributed by atoms with Crippen LogP contribution in [0.1, 0.15) is 38.2 Å². The number of nitrogens with zero attached hydrogens (tertiary/aromatic N) is 2. The number of benzene rings is 1. The molecule has 0 saturated carbocycles. The van der Waals surface area contributed by atoms with Crippen molar-refractivity contribution in [3.8, 4) is 11.4 Å². The lowest BCUT2D eigenvalue weighted by atomic mass is 10.1. The lowest BCUT2D eigenvalue weighted by Gasteiger charge is -2.02. The Bertz CT molecular complexity index is 448. The van der Waals surface area contributed by atoms with Crippen molar-refractivity contribution in [2.45, 2.75) is 39.0 Å². The maximum absolute atomic E-state index is 4.42. The highest BCUT2D eigenvalue weighted by Crippen LogP contribution is 2.14. The highest BCUT2D eigenvalue weighted by Gasteiger charge is 2.00. The molecule has 1 radical (unpaired) electrons. The van der Waals surface area contributed by atoms with Crippen LogP contribution in [-0.4, -0.2) is 9.97 Å². The molecule has 0 saturated heterocycles. The van der Waals surface area contributed by atoms with Crippen LogP contribution in [0.2, 0.25) is 0 Å². The van der Waals surface area contributed by atoms with Gasteiger partial charge in [0.25, 0.3) is 0 Å². The minimum Gasteiger partial charge on any atom is -0.236 e. The Morgan fingerprint density at radius 1 is 1.00 bits per heavy atom. The fourth-order valence-corrected chi connectivity index (χ4v) is 1.92. The quantitative estimate of drug-likeness (QED) is 0.710. The van der Waals surface area contributed by atoms with Crippen LogP contribution in [0, 0.1) is 6.07 Å². The number of hydrogen-bond acceptors (Lipinski definition) is 2. The van der Waals surface area contributed by atoms with Gasteiger partial charge in [0, 0.05) is 18.0 Å². The van der Waals surface area contributed by atoms with Gasteiger partial charge in [0.1, 0.15) is 0 Å². The molecule has 0 N–H and O–H groups in total. The lowest BCUT2D eigenvalue weighted by molar-refractivity contribution is 0.665. The van der Waals surface area contributed by atoms with Gasteiger partial charge in [0.2, 0.25) is 0 Å². The maximum Gasteiger partial charge on any atom is 0.159 e. The van der Waals surface area contributed by atoms with E-state index in [1.165, 1.54) is 31.2 Å². The molecule has 0 atom stereocenters. The summed E-state index contributed by atoms with van der Waals surface area (Å²) in [5.74, 6) is 0.793. The molecule has 2 heteroatoms. The summed E-state index contributed by atoms with van der Waals surface area (Å²) in [6.45, 7) is 2.23. The fourth-order valence-electron chi connectivity index (χ4n) is 1.92. The molecular formula is C16H19N2. The summed E-state index contributed by atoms with van der Waals surface area (Å²) in [6.07, 6.45) is 10.1. The van der Waals surface area contributed by atoms with Gasteiger partial charge in [0.15, 0.2) is 5.82 Å². The van der Waals surface area contributed by atoms with Crippen molar-refractivity contribution in [3.63, 3.8) is 0 Å². The van der Waals surface area contributed by atoms with Crippen molar-refractivity contribution in [1.29, 1.82) is 0 Å². The van der Waals surface area contributed by atoms with E-state index in [1.807, 2.05) is 36.7 Å². The molecule has 93 valence electrons. The summed E-state index contributed by atoms with van der Waals surface area (Å²) >= 11 is 0. The van der Waals surface area contributed by atoms with Crippen molar-refractivity contribution in [2.24, 2.45) is 0 Å². The van der Waals surface area contributed by atoms with Crippen LogP contribution in [0.3, 0.4) is 0 Å². The zero-order valence-electron chi connectivity index (χ0n) is 10.9. The number of aromatic nitrogens is 2. The zero-order valence-corrected chi connectivity index (χ0v) is 10.9. The smallest absolute Gasteiger partial charge is 0.159 e. The topological polar surface area (TPSA) is 25.8 Å². The molecule has 2 nitrogen and oxygen atoms in total. The molecule has 0 spiro atoms. The Labute approximate surface area is 109 Å². The number of hydrogen-bond donors (Lipinski definition) is 0. The monoisotopic (exact) mass is 239 g/mol. The lowest BCUT2D eigenvalue weighted by Crippen LogP contribution is -1.93. The Balaban J connectivity index is 1.94. The van der Waals surface area contributed by atoms with Crippen LogP contribution in [0.25, 0.3) is 11.4 Å². The third-order valence-electron chi connectivity index (χ3n) is 3.00. The summed E-state index contributed by atoms with van der Waals surface area (Å²) in [6, 6.07) is 10.7. The summed E-state index contributed by atoms with van der Waals surface area (Å²) < 4.78 is 0. The van der Waals surface area contributed by atoms with Gasteiger partial charge in [-0.25, -0.2) is 9.97 Å². The van der Waals surface area contributed by atoms with Gasteiger partial charge < -0.3 is 0 Å². The molecule has 0 bridgehead atoms. The molecule has 1 heterocycles. The van der Waals surface area contributed by atoms with Crippen molar-refractivity contribution in [1.82, 2.24) is 9.97 Å². The normalized spacial score (nSPS) is 10.5. The third-order valence-corrected chi connectivity index (χ3v) is 3.00. The van der Waals surface area contributed by atoms with E-state index in [0.29, 0.717) is 0 Å². The van der Waals surface area contributed by atoms with Crippen molar-refractivity contribution in [2.75, 3.05) is 0 Å². The Hall–Kier alpha value is -1.70. The highest BCUT2D eigenvalue weighted by atomic mass is 14.9. The second kappa shape index (κ2) is 6.90. The second-order valence-electron chi connectivity index (χ2n) is 4.51. The van der Waals surface area contributed by atoms with Crippen LogP contribution < -0.4 is 0 Å². The molecule has 0 fully saturated rings. The van der Waals surface area contributed by atoms with E-state index in [0.717, 1.165) is 17.8 Å². The van der Waals surface area contributed by atoms with Gasteiger partial charge in [-0.15, -0.1) is 0 Å². The minimum absolute atomic E-state index is 0.793. The first kappa shape index (κ1) is 12.7. The molecule has 0 amide bonds. The maximum atomic E-state index is 4.42. The average molecular weight is 239 g/mol. The average Bonchev–Trinajstić information content (AvgIpc) is 2.45. The van der Waals surface area contributed by atoms with Gasteiger partial charge >= 0.3 is 0 Å². The SMILES string of the molecule is CCCCCCc1cnc(-c2cc[c]cc2)nc1. The summed E-state index contributed by atoms with van der Waals surface area (Å²) in [5.41, 5.74) is 2.28. The molecule has 0 unspecified atom stereocenters. The van der Waals surface area contributed by atoms with Crippen LogP contribution in [0.4, 0.5) is 0 Å². The molecule has 0 aliphatic heterocycles. The summed E-state index contributed by atoms with van der Waals surface area (Å²) in [4.78, 5) is 8.85. The second-order valence-corrected chi connectivity index (χ2v) is 4.51. The summed E-state index contributed by atoms with van der Waals surface area (Å²) in [7, 11) is 0. The van der Waals surface area contributed by atoms with E-state index >= 15 is 0 Å². The van der Waals surface area contributed by atoms with Crippen molar-refractivity contribution >= 4 is 0 Å².